The average Bonchev–Trinajstić information content (AvgIpc) is 2.66. The number of hydrogen-bond donors (Lipinski definition) is 1. The highest BCUT2D eigenvalue weighted by molar-refractivity contribution is 5.91. The van der Waals surface area contributed by atoms with Crippen LogP contribution in [-0.4, -0.2) is 35.1 Å². The highest BCUT2D eigenvalue weighted by Gasteiger charge is 2.29. The van der Waals surface area contributed by atoms with E-state index in [-0.39, 0.29) is 18.6 Å². The predicted octanol–water partition coefficient (Wildman–Crippen LogP) is 1.27. The molecule has 0 saturated heterocycles. The number of carbonyl (C=O) groups excluding carboxylic acids is 1. The summed E-state index contributed by atoms with van der Waals surface area (Å²) in [5.74, 6) is 0.245. The topological polar surface area (TPSA) is 53.7 Å². The molecular formula is C11H15NO3. The lowest BCUT2D eigenvalue weighted by Gasteiger charge is -2.36. The smallest absolute Gasteiger partial charge is 0.289 e. The Morgan fingerprint density at radius 1 is 1.60 bits per heavy atom. The predicted molar refractivity (Wildman–Crippen MR) is 54.5 cm³/mol. The SMILES string of the molecule is O=C(c1ccco1)N(CCO)C1CCC1. The molecule has 4 nitrogen and oxygen atoms in total. The maximum Gasteiger partial charge on any atom is 0.289 e. The first-order valence-electron chi connectivity index (χ1n) is 5.28. The molecule has 0 aliphatic heterocycles. The molecule has 0 spiro atoms. The molecule has 2 rings (SSSR count). The van der Waals surface area contributed by atoms with Gasteiger partial charge in [-0.3, -0.25) is 4.79 Å². The Hall–Kier alpha value is -1.29. The number of nitrogens with zero attached hydrogens (tertiary/aromatic N) is 1. The summed E-state index contributed by atoms with van der Waals surface area (Å²) in [4.78, 5) is 13.7. The van der Waals surface area contributed by atoms with E-state index in [4.69, 9.17) is 9.52 Å². The maximum absolute atomic E-state index is 12.0. The molecule has 1 aliphatic rings. The van der Waals surface area contributed by atoms with Gasteiger partial charge in [0.05, 0.1) is 12.9 Å². The van der Waals surface area contributed by atoms with Crippen molar-refractivity contribution in [3.05, 3.63) is 24.2 Å². The van der Waals surface area contributed by atoms with Crippen molar-refractivity contribution in [3.8, 4) is 0 Å². The van der Waals surface area contributed by atoms with Crippen LogP contribution >= 0.6 is 0 Å². The van der Waals surface area contributed by atoms with Crippen molar-refractivity contribution in [1.29, 1.82) is 0 Å². The highest BCUT2D eigenvalue weighted by Crippen LogP contribution is 2.25. The van der Waals surface area contributed by atoms with Crippen molar-refractivity contribution < 1.29 is 14.3 Å². The Balaban J connectivity index is 2.06. The molecule has 0 bridgehead atoms. The van der Waals surface area contributed by atoms with Gasteiger partial charge in [-0.05, 0) is 31.4 Å². The number of amides is 1. The Labute approximate surface area is 88.5 Å². The Kier molecular flexibility index (Phi) is 3.06. The van der Waals surface area contributed by atoms with E-state index in [1.165, 1.54) is 6.26 Å². The van der Waals surface area contributed by atoms with Crippen LogP contribution in [0.1, 0.15) is 29.8 Å². The fourth-order valence-corrected chi connectivity index (χ4v) is 1.80. The molecule has 0 unspecified atom stereocenters. The zero-order valence-electron chi connectivity index (χ0n) is 8.56. The number of carbonyl (C=O) groups is 1. The van der Waals surface area contributed by atoms with E-state index in [2.05, 4.69) is 0 Å². The molecule has 82 valence electrons. The van der Waals surface area contributed by atoms with Crippen LogP contribution in [0.3, 0.4) is 0 Å². The Morgan fingerprint density at radius 2 is 2.40 bits per heavy atom. The first-order chi connectivity index (χ1) is 7.33. The van der Waals surface area contributed by atoms with Crippen molar-refractivity contribution in [1.82, 2.24) is 4.90 Å². The van der Waals surface area contributed by atoms with Gasteiger partial charge in [-0.15, -0.1) is 0 Å². The Bertz CT molecular complexity index is 317. The van der Waals surface area contributed by atoms with Gasteiger partial charge >= 0.3 is 0 Å². The Morgan fingerprint density at radius 3 is 2.87 bits per heavy atom. The maximum atomic E-state index is 12.0. The number of hydrogen-bond acceptors (Lipinski definition) is 3. The van der Waals surface area contributed by atoms with E-state index in [9.17, 15) is 4.79 Å². The van der Waals surface area contributed by atoms with Crippen molar-refractivity contribution >= 4 is 5.91 Å². The number of aliphatic hydroxyl groups is 1. The van der Waals surface area contributed by atoms with Crippen molar-refractivity contribution in [2.45, 2.75) is 25.3 Å². The fourth-order valence-electron chi connectivity index (χ4n) is 1.80. The largest absolute Gasteiger partial charge is 0.459 e. The number of furan rings is 1. The second-order valence-corrected chi connectivity index (χ2v) is 3.78. The van der Waals surface area contributed by atoms with Gasteiger partial charge in [0.2, 0.25) is 0 Å². The summed E-state index contributed by atoms with van der Waals surface area (Å²) in [5, 5.41) is 8.93. The summed E-state index contributed by atoms with van der Waals surface area (Å²) >= 11 is 0. The summed E-state index contributed by atoms with van der Waals surface area (Å²) in [6.45, 7) is 0.396. The minimum absolute atomic E-state index is 0.00293. The minimum atomic E-state index is -0.112. The van der Waals surface area contributed by atoms with Crippen LogP contribution in [0.5, 0.6) is 0 Å². The first kappa shape index (κ1) is 10.2. The van der Waals surface area contributed by atoms with E-state index in [0.717, 1.165) is 19.3 Å². The molecule has 0 aromatic carbocycles. The zero-order chi connectivity index (χ0) is 10.7. The van der Waals surface area contributed by atoms with Crippen LogP contribution in [0.15, 0.2) is 22.8 Å². The molecule has 1 aromatic heterocycles. The number of rotatable bonds is 4. The molecule has 1 N–H and O–H groups in total. The molecule has 0 radical (unpaired) electrons. The molecule has 1 fully saturated rings. The third kappa shape index (κ3) is 2.04. The van der Waals surface area contributed by atoms with Gasteiger partial charge in [0.15, 0.2) is 5.76 Å². The van der Waals surface area contributed by atoms with E-state index in [1.54, 1.807) is 17.0 Å². The molecule has 4 heteroatoms. The summed E-state index contributed by atoms with van der Waals surface area (Å²) in [6.07, 6.45) is 4.72. The molecule has 1 amide bonds. The van der Waals surface area contributed by atoms with Gasteiger partial charge in [0.25, 0.3) is 5.91 Å². The van der Waals surface area contributed by atoms with Crippen LogP contribution in [0.25, 0.3) is 0 Å². The summed E-state index contributed by atoms with van der Waals surface area (Å²) < 4.78 is 5.07. The van der Waals surface area contributed by atoms with Gasteiger partial charge in [-0.1, -0.05) is 0 Å². The first-order valence-corrected chi connectivity index (χ1v) is 5.28. The monoisotopic (exact) mass is 209 g/mol. The lowest BCUT2D eigenvalue weighted by atomic mass is 9.91. The lowest BCUT2D eigenvalue weighted by Crippen LogP contribution is -2.45. The van der Waals surface area contributed by atoms with Gasteiger partial charge in [0, 0.05) is 12.6 Å². The number of aliphatic hydroxyl groups excluding tert-OH is 1. The second-order valence-electron chi connectivity index (χ2n) is 3.78. The normalized spacial score (nSPS) is 16.1. The lowest BCUT2D eigenvalue weighted by molar-refractivity contribution is 0.0495. The van der Waals surface area contributed by atoms with Crippen LogP contribution in [-0.2, 0) is 0 Å². The highest BCUT2D eigenvalue weighted by atomic mass is 16.3. The van der Waals surface area contributed by atoms with Crippen LogP contribution in [0.2, 0.25) is 0 Å². The molecule has 1 saturated carbocycles. The third-order valence-corrected chi connectivity index (χ3v) is 2.85. The van der Waals surface area contributed by atoms with Crippen molar-refractivity contribution in [2.75, 3.05) is 13.2 Å². The fraction of sp³-hybridized carbons (Fsp3) is 0.545. The summed E-state index contributed by atoms with van der Waals surface area (Å²) in [5.41, 5.74) is 0. The second kappa shape index (κ2) is 4.49. The zero-order valence-corrected chi connectivity index (χ0v) is 8.56. The molecule has 1 aliphatic carbocycles. The third-order valence-electron chi connectivity index (χ3n) is 2.85. The van der Waals surface area contributed by atoms with Gasteiger partial charge in [0.1, 0.15) is 0 Å². The van der Waals surface area contributed by atoms with Crippen molar-refractivity contribution in [2.24, 2.45) is 0 Å². The van der Waals surface area contributed by atoms with Gasteiger partial charge in [-0.2, -0.15) is 0 Å². The molecule has 1 heterocycles. The van der Waals surface area contributed by atoms with E-state index in [1.807, 2.05) is 0 Å². The molecular weight excluding hydrogens is 194 g/mol. The quantitative estimate of drug-likeness (QED) is 0.812. The summed E-state index contributed by atoms with van der Waals surface area (Å²) in [6, 6.07) is 3.64. The van der Waals surface area contributed by atoms with Crippen molar-refractivity contribution in [3.63, 3.8) is 0 Å². The van der Waals surface area contributed by atoms with E-state index in [0.29, 0.717) is 12.3 Å². The van der Waals surface area contributed by atoms with E-state index >= 15 is 0 Å². The summed E-state index contributed by atoms with van der Waals surface area (Å²) in [7, 11) is 0. The molecule has 15 heavy (non-hydrogen) atoms. The van der Waals surface area contributed by atoms with Crippen LogP contribution in [0, 0.1) is 0 Å². The average molecular weight is 209 g/mol. The van der Waals surface area contributed by atoms with Gasteiger partial charge < -0.3 is 14.4 Å². The van der Waals surface area contributed by atoms with E-state index < -0.39 is 0 Å². The molecule has 0 atom stereocenters. The van der Waals surface area contributed by atoms with Gasteiger partial charge in [-0.25, -0.2) is 0 Å². The standard InChI is InChI=1S/C11H15NO3/c13-7-6-12(9-3-1-4-9)11(14)10-5-2-8-15-10/h2,5,8-9,13H,1,3-4,6-7H2. The van der Waals surface area contributed by atoms with Crippen LogP contribution in [0.4, 0.5) is 0 Å². The molecule has 1 aromatic rings. The van der Waals surface area contributed by atoms with Crippen LogP contribution < -0.4 is 0 Å². The minimum Gasteiger partial charge on any atom is -0.459 e.